The predicted octanol–water partition coefficient (Wildman–Crippen LogP) is 1.78. The minimum Gasteiger partial charge on any atom is -0.487 e. The van der Waals surface area contributed by atoms with Gasteiger partial charge in [0.05, 0.1) is 290 Å². The molecular weight excluding hydrogens is 1660 g/mol. The number of anilines is 1. The molecule has 2 aliphatic rings. The average molecular weight is 1810 g/mol. The van der Waals surface area contributed by atoms with Crippen LogP contribution in [0.5, 0.6) is 11.5 Å². The predicted molar refractivity (Wildman–Crippen MR) is 451 cm³/mol. The second kappa shape index (κ2) is 74.0. The highest BCUT2D eigenvalue weighted by atomic mass is 16.6. The highest BCUT2D eigenvalue weighted by Gasteiger charge is 2.45. The topological polar surface area (TPSA) is 459 Å². The van der Waals surface area contributed by atoms with Crippen molar-refractivity contribution in [3.05, 3.63) is 65.2 Å². The van der Waals surface area contributed by atoms with Crippen LogP contribution >= 0.6 is 0 Å². The van der Waals surface area contributed by atoms with Crippen LogP contribution in [0.2, 0.25) is 0 Å². The summed E-state index contributed by atoms with van der Waals surface area (Å²) in [6.07, 6.45) is -2.94. The fraction of sp³-hybridized carbons (Fsp3) is 0.756. The third-order valence-corrected chi connectivity index (χ3v) is 18.6. The van der Waals surface area contributed by atoms with Crippen LogP contribution in [0.4, 0.5) is 5.69 Å². The van der Waals surface area contributed by atoms with Gasteiger partial charge in [-0.1, -0.05) is 32.9 Å². The maximum atomic E-state index is 14.5. The SMILES string of the molecule is COCCOCCOCCOCCOCCOCCOCCOCCOCCOCCOCCOc1ccc(CC[C@@H](C(=O)N[C@H](C(=O)N[C@@H](C)C(=O)Nc2ccc(COC(C)=O)c(CC[C@@H]3O[C@H](C(=O)O)[C@@H](C)[C@H](O)[C@H]3O)c2)C(C)C)N2C(=O)C=CC2=O)cc1OCCOCCOCCOCCOCCOCCOCCOCCOCCOCCOCCOC. The molecule has 1 saturated heterocycles. The maximum Gasteiger partial charge on any atom is 0.333 e. The smallest absolute Gasteiger partial charge is 0.333 e. The Morgan fingerprint density at radius 2 is 0.778 bits per heavy atom. The molecule has 2 aromatic rings. The van der Waals surface area contributed by atoms with E-state index in [2.05, 4.69) is 16.0 Å². The molecule has 126 heavy (non-hydrogen) atoms. The third-order valence-electron chi connectivity index (χ3n) is 18.6. The Hall–Kier alpha value is -6.73. The Kier molecular flexibility index (Phi) is 65.5. The van der Waals surface area contributed by atoms with Gasteiger partial charge in [-0.25, -0.2) is 4.79 Å². The number of nitrogens with zero attached hydrogens (tertiary/aromatic N) is 1. The molecule has 2 aliphatic heterocycles. The third kappa shape index (κ3) is 52.8. The van der Waals surface area contributed by atoms with Crippen molar-refractivity contribution < 1.29 is 172 Å². The summed E-state index contributed by atoms with van der Waals surface area (Å²) in [6.45, 7) is 25.2. The second-order valence-corrected chi connectivity index (χ2v) is 28.7. The number of hydrogen-bond acceptors (Lipinski definition) is 35. The number of rotatable bonds is 85. The van der Waals surface area contributed by atoms with Gasteiger partial charge in [0.25, 0.3) is 11.8 Å². The molecule has 1 fully saturated rings. The van der Waals surface area contributed by atoms with Crippen LogP contribution in [0.15, 0.2) is 48.6 Å². The zero-order valence-corrected chi connectivity index (χ0v) is 74.7. The fourth-order valence-electron chi connectivity index (χ4n) is 11.8. The summed E-state index contributed by atoms with van der Waals surface area (Å²) >= 11 is 0. The molecule has 8 atom stereocenters. The second-order valence-electron chi connectivity index (χ2n) is 28.7. The van der Waals surface area contributed by atoms with E-state index in [1.165, 1.54) is 20.8 Å². The van der Waals surface area contributed by atoms with Gasteiger partial charge in [0.2, 0.25) is 17.7 Å². The number of aliphatic hydroxyl groups excluding tert-OH is 2. The molecule has 0 aliphatic carbocycles. The fourth-order valence-corrected chi connectivity index (χ4v) is 11.8. The van der Waals surface area contributed by atoms with Crippen molar-refractivity contribution in [1.29, 1.82) is 0 Å². The number of imide groups is 1. The largest absolute Gasteiger partial charge is 0.487 e. The maximum absolute atomic E-state index is 14.5. The Morgan fingerprint density at radius 3 is 1.13 bits per heavy atom. The van der Waals surface area contributed by atoms with Crippen LogP contribution in [0, 0.1) is 11.8 Å². The van der Waals surface area contributed by atoms with E-state index in [4.69, 9.17) is 123 Å². The number of ether oxygens (including phenoxy) is 26. The van der Waals surface area contributed by atoms with Crippen molar-refractivity contribution >= 4 is 47.2 Å². The first-order valence-corrected chi connectivity index (χ1v) is 43.2. The monoisotopic (exact) mass is 1810 g/mol. The van der Waals surface area contributed by atoms with Gasteiger partial charge in [-0.2, -0.15) is 0 Å². The number of amides is 5. The minimum absolute atomic E-state index is 0.0366. The molecular formula is C86H142N4O36. The number of aryl methyl sites for hydroxylation is 2. The molecule has 6 N–H and O–H groups in total. The van der Waals surface area contributed by atoms with E-state index in [1.54, 1.807) is 64.5 Å². The Balaban J connectivity index is 1.20. The molecule has 0 unspecified atom stereocenters. The van der Waals surface area contributed by atoms with Gasteiger partial charge in [-0.3, -0.25) is 33.7 Å². The number of benzene rings is 2. The van der Waals surface area contributed by atoms with Crippen LogP contribution < -0.4 is 25.4 Å². The lowest BCUT2D eigenvalue weighted by Crippen LogP contribution is -2.58. The van der Waals surface area contributed by atoms with E-state index in [9.17, 15) is 48.9 Å². The molecule has 0 bridgehead atoms. The first-order chi connectivity index (χ1) is 61.4. The summed E-state index contributed by atoms with van der Waals surface area (Å²) in [6, 6.07) is 6.03. The van der Waals surface area contributed by atoms with Gasteiger partial charge in [0.1, 0.15) is 44.1 Å². The Morgan fingerprint density at radius 1 is 0.421 bits per heavy atom. The molecule has 2 heterocycles. The van der Waals surface area contributed by atoms with Crippen molar-refractivity contribution in [3.63, 3.8) is 0 Å². The summed E-state index contributed by atoms with van der Waals surface area (Å²) in [7, 11) is 3.26. The lowest BCUT2D eigenvalue weighted by Gasteiger charge is -2.40. The number of carbonyl (C=O) groups excluding carboxylic acids is 6. The molecule has 722 valence electrons. The molecule has 0 radical (unpaired) electrons. The van der Waals surface area contributed by atoms with E-state index in [1.807, 2.05) is 0 Å². The summed E-state index contributed by atoms with van der Waals surface area (Å²) in [5.74, 6) is -6.33. The average Bonchev–Trinajstić information content (AvgIpc) is 1.24. The Labute approximate surface area is 740 Å². The number of carboxylic acids is 1. The minimum atomic E-state index is -1.41. The van der Waals surface area contributed by atoms with E-state index < -0.39 is 95.9 Å². The van der Waals surface area contributed by atoms with Gasteiger partial charge in [0.15, 0.2) is 17.6 Å². The summed E-state index contributed by atoms with van der Waals surface area (Å²) in [5, 5.41) is 39.4. The van der Waals surface area contributed by atoms with Crippen LogP contribution in [0.3, 0.4) is 0 Å². The zero-order valence-electron chi connectivity index (χ0n) is 74.7. The van der Waals surface area contributed by atoms with Gasteiger partial charge >= 0.3 is 11.9 Å². The number of carboxylic acid groups (broad SMARTS) is 1. The van der Waals surface area contributed by atoms with Gasteiger partial charge < -0.3 is 154 Å². The number of methoxy groups -OCH3 is 2. The number of aliphatic carboxylic acids is 1. The van der Waals surface area contributed by atoms with Crippen molar-refractivity contribution in [1.82, 2.24) is 15.5 Å². The van der Waals surface area contributed by atoms with Crippen molar-refractivity contribution in [2.24, 2.45) is 11.8 Å². The first-order valence-electron chi connectivity index (χ1n) is 43.2. The van der Waals surface area contributed by atoms with Crippen molar-refractivity contribution in [2.75, 3.05) is 310 Å². The number of esters is 1. The highest BCUT2D eigenvalue weighted by molar-refractivity contribution is 6.15. The summed E-state index contributed by atoms with van der Waals surface area (Å²) in [4.78, 5) is 93.7. The van der Waals surface area contributed by atoms with Gasteiger partial charge in [-0.05, 0) is 79.5 Å². The number of aliphatic hydroxyl groups is 2. The first kappa shape index (κ1) is 112. The molecule has 0 saturated carbocycles. The molecule has 0 spiro atoms. The summed E-state index contributed by atoms with van der Waals surface area (Å²) < 4.78 is 144. The van der Waals surface area contributed by atoms with E-state index >= 15 is 0 Å². The van der Waals surface area contributed by atoms with E-state index in [0.29, 0.717) is 273 Å². The van der Waals surface area contributed by atoms with Crippen molar-refractivity contribution in [2.45, 2.75) is 109 Å². The Bertz CT molecular complexity index is 3180. The van der Waals surface area contributed by atoms with Crippen LogP contribution in [-0.4, -0.2) is 409 Å². The molecule has 0 aromatic heterocycles. The molecule has 2 aromatic carbocycles. The summed E-state index contributed by atoms with van der Waals surface area (Å²) in [5.41, 5.74) is 1.96. The highest BCUT2D eigenvalue weighted by Crippen LogP contribution is 2.32. The molecule has 5 amide bonds. The quantitative estimate of drug-likeness (QED) is 0.0312. The van der Waals surface area contributed by atoms with E-state index in [-0.39, 0.29) is 84.2 Å². The standard InChI is InChI=1S/C86H142N4O36/c1-65(2)79(85(98)87-67(4)83(96)88-72-12-10-71(64-125-68(5)91)70(63-72)11-15-75-81(95)80(94)66(3)82(126-75)86(99)100)89-84(97)73(90-77(92)16-17-78(90)93)13-8-69-9-14-74(123-60-58-121-56-54-119-52-50-117-48-46-115-44-42-113-40-38-111-36-34-109-32-30-107-28-26-105-24-22-103-20-18-101-6)76(62-69)124-61-59-122-57-55-120-53-51-118-49-47-116-45-43-114-41-39-112-37-35-110-33-31-108-29-27-106-25-23-104-21-19-102-7/h9-10,12,14,16-17,62-63,65-67,73,75,79-82,94-95H,8,11,13,15,18-61,64H2,1-7H3,(H,87,98)(H,88,96)(H,89,97)(H,99,100)/t66-,67-,73-,75-,79-,80-,81-,82-/m0/s1. The normalized spacial score (nSPS) is 16.5. The number of nitrogens with one attached hydrogen (secondary N) is 3. The lowest BCUT2D eigenvalue weighted by molar-refractivity contribution is -0.209. The molecule has 40 nitrogen and oxygen atoms in total. The van der Waals surface area contributed by atoms with Crippen LogP contribution in [0.25, 0.3) is 0 Å². The van der Waals surface area contributed by atoms with Gasteiger partial charge in [-0.15, -0.1) is 0 Å². The van der Waals surface area contributed by atoms with Gasteiger partial charge in [0, 0.05) is 44.9 Å². The van der Waals surface area contributed by atoms with Crippen molar-refractivity contribution in [3.8, 4) is 11.5 Å². The van der Waals surface area contributed by atoms with Crippen LogP contribution in [-0.2, 0) is 167 Å². The number of carbonyl (C=O) groups is 7. The zero-order chi connectivity index (χ0) is 91.1. The van der Waals surface area contributed by atoms with Crippen LogP contribution in [0.1, 0.15) is 64.2 Å². The molecule has 40 heteroatoms. The van der Waals surface area contributed by atoms with E-state index in [0.717, 1.165) is 17.1 Å². The lowest BCUT2D eigenvalue weighted by atomic mass is 9.86. The number of hydrogen-bond donors (Lipinski definition) is 6. The molecule has 4 rings (SSSR count).